The molecule has 2 heterocycles. The zero-order valence-electron chi connectivity index (χ0n) is 16.7. The number of hydrogen-bond donors (Lipinski definition) is 1. The summed E-state index contributed by atoms with van der Waals surface area (Å²) in [5, 5.41) is 8.62. The van der Waals surface area contributed by atoms with Crippen LogP contribution in [-0.4, -0.2) is 22.1 Å². The highest BCUT2D eigenvalue weighted by atomic mass is 79.9. The van der Waals surface area contributed by atoms with E-state index in [1.54, 1.807) is 0 Å². The second-order valence-corrected chi connectivity index (χ2v) is 8.25. The van der Waals surface area contributed by atoms with Crippen molar-refractivity contribution in [2.75, 3.05) is 17.3 Å². The van der Waals surface area contributed by atoms with Crippen LogP contribution >= 0.6 is 15.9 Å². The number of hydrogen-bond acceptors (Lipinski definition) is 5. The Morgan fingerprint density at radius 1 is 1.17 bits per heavy atom. The molecular formula is C23H26BrN3O2. The Balaban J connectivity index is 1.58. The van der Waals surface area contributed by atoms with Crippen LogP contribution in [0, 0.1) is 6.92 Å². The van der Waals surface area contributed by atoms with Crippen LogP contribution < -0.4 is 10.1 Å². The number of ether oxygens (including phenoxy) is 1. The average Bonchev–Trinajstić information content (AvgIpc) is 3.15. The molecule has 6 heteroatoms. The van der Waals surface area contributed by atoms with Gasteiger partial charge in [0, 0.05) is 34.8 Å². The number of halogens is 1. The largest absolute Gasteiger partial charge is 0.493 e. The van der Waals surface area contributed by atoms with Crippen molar-refractivity contribution in [1.29, 1.82) is 0 Å². The van der Waals surface area contributed by atoms with Crippen molar-refractivity contribution >= 4 is 27.4 Å². The van der Waals surface area contributed by atoms with E-state index in [9.17, 15) is 0 Å². The molecule has 5 nitrogen and oxygen atoms in total. The number of aryl methyl sites for hydroxylation is 1. The Labute approximate surface area is 180 Å². The van der Waals surface area contributed by atoms with E-state index < -0.39 is 0 Å². The zero-order valence-corrected chi connectivity index (χ0v) is 18.2. The molecule has 0 radical (unpaired) electrons. The molecule has 0 unspecified atom stereocenters. The normalized spacial score (nSPS) is 14.7. The van der Waals surface area contributed by atoms with Gasteiger partial charge in [-0.2, -0.15) is 0 Å². The van der Waals surface area contributed by atoms with Gasteiger partial charge < -0.3 is 14.6 Å². The molecule has 0 aliphatic heterocycles. The Morgan fingerprint density at radius 2 is 2.03 bits per heavy atom. The molecule has 0 saturated heterocycles. The maximum atomic E-state index is 5.69. The van der Waals surface area contributed by atoms with Crippen LogP contribution in [0.4, 0.5) is 11.5 Å². The lowest BCUT2D eigenvalue weighted by atomic mass is 9.84. The van der Waals surface area contributed by atoms with Crippen LogP contribution in [0.3, 0.4) is 0 Å². The number of rotatable bonds is 7. The Kier molecular flexibility index (Phi) is 6.49. The molecule has 1 fully saturated rings. The van der Waals surface area contributed by atoms with Crippen molar-refractivity contribution in [1.82, 2.24) is 10.1 Å². The first-order valence-electron chi connectivity index (χ1n) is 10.2. The van der Waals surface area contributed by atoms with Gasteiger partial charge in [-0.3, -0.25) is 0 Å². The molecule has 29 heavy (non-hydrogen) atoms. The third-order valence-corrected chi connectivity index (χ3v) is 5.71. The van der Waals surface area contributed by atoms with Crippen molar-refractivity contribution in [3.63, 3.8) is 0 Å². The maximum Gasteiger partial charge on any atom is 0.141 e. The monoisotopic (exact) mass is 455 g/mol. The second kappa shape index (κ2) is 9.44. The van der Waals surface area contributed by atoms with Gasteiger partial charge in [-0.1, -0.05) is 46.4 Å². The molecule has 3 aromatic rings. The number of anilines is 2. The standard InChI is InChI=1S/C23H26BrN3O2/c1-16-22(23(27-29-16)17-6-3-2-4-7-17)18-10-12-25-21(14-18)26-19-8-5-9-20(15-19)28-13-11-24/h5,8-10,12,14-15,17H,2-4,6-7,11,13H2,1H3,(H,25,26). The van der Waals surface area contributed by atoms with E-state index in [1.807, 2.05) is 43.5 Å². The summed E-state index contributed by atoms with van der Waals surface area (Å²) in [4.78, 5) is 4.50. The average molecular weight is 456 g/mol. The van der Waals surface area contributed by atoms with Crippen LogP contribution in [0.5, 0.6) is 5.75 Å². The lowest BCUT2D eigenvalue weighted by Gasteiger charge is -2.20. The summed E-state index contributed by atoms with van der Waals surface area (Å²) in [7, 11) is 0. The molecule has 0 spiro atoms. The highest BCUT2D eigenvalue weighted by Gasteiger charge is 2.25. The van der Waals surface area contributed by atoms with Gasteiger partial charge in [0.25, 0.3) is 0 Å². The highest BCUT2D eigenvalue weighted by Crippen LogP contribution is 2.39. The summed E-state index contributed by atoms with van der Waals surface area (Å²) < 4.78 is 11.3. The van der Waals surface area contributed by atoms with Crippen molar-refractivity contribution in [3.05, 3.63) is 54.0 Å². The van der Waals surface area contributed by atoms with Gasteiger partial charge in [0.1, 0.15) is 17.3 Å². The minimum Gasteiger partial charge on any atom is -0.493 e. The highest BCUT2D eigenvalue weighted by molar-refractivity contribution is 9.09. The number of alkyl halides is 1. The topological polar surface area (TPSA) is 60.2 Å². The Bertz CT molecular complexity index is 951. The number of nitrogens with zero attached hydrogens (tertiary/aromatic N) is 2. The lowest BCUT2D eigenvalue weighted by Crippen LogP contribution is -2.06. The van der Waals surface area contributed by atoms with Crippen molar-refractivity contribution in [2.24, 2.45) is 0 Å². The first-order valence-corrected chi connectivity index (χ1v) is 11.3. The molecule has 0 bridgehead atoms. The van der Waals surface area contributed by atoms with E-state index in [-0.39, 0.29) is 0 Å². The van der Waals surface area contributed by atoms with Crippen LogP contribution in [-0.2, 0) is 0 Å². The predicted molar refractivity (Wildman–Crippen MR) is 119 cm³/mol. The van der Waals surface area contributed by atoms with Crippen molar-refractivity contribution < 1.29 is 9.26 Å². The molecule has 2 aromatic heterocycles. The third-order valence-electron chi connectivity index (χ3n) is 5.38. The zero-order chi connectivity index (χ0) is 20.1. The van der Waals surface area contributed by atoms with Gasteiger partial charge in [-0.05, 0) is 49.6 Å². The molecule has 4 rings (SSSR count). The van der Waals surface area contributed by atoms with E-state index >= 15 is 0 Å². The van der Waals surface area contributed by atoms with Crippen LogP contribution in [0.2, 0.25) is 0 Å². The Hall–Kier alpha value is -2.34. The van der Waals surface area contributed by atoms with Gasteiger partial charge in [-0.15, -0.1) is 0 Å². The van der Waals surface area contributed by atoms with Crippen molar-refractivity contribution in [2.45, 2.75) is 44.9 Å². The summed E-state index contributed by atoms with van der Waals surface area (Å²) in [6.45, 7) is 2.63. The van der Waals surface area contributed by atoms with Gasteiger partial charge in [0.15, 0.2) is 0 Å². The first-order chi connectivity index (χ1) is 14.2. The predicted octanol–water partition coefficient (Wildman–Crippen LogP) is 6.61. The van der Waals surface area contributed by atoms with E-state index in [0.29, 0.717) is 12.5 Å². The first kappa shape index (κ1) is 20.0. The van der Waals surface area contributed by atoms with Gasteiger partial charge in [-0.25, -0.2) is 4.98 Å². The van der Waals surface area contributed by atoms with Crippen LogP contribution in [0.1, 0.15) is 49.5 Å². The molecule has 1 aliphatic carbocycles. The fourth-order valence-corrected chi connectivity index (χ4v) is 4.18. The molecule has 1 aliphatic rings. The van der Waals surface area contributed by atoms with Gasteiger partial charge >= 0.3 is 0 Å². The van der Waals surface area contributed by atoms with E-state index in [0.717, 1.165) is 45.2 Å². The number of benzene rings is 1. The SMILES string of the molecule is Cc1onc(C2CCCCC2)c1-c1ccnc(Nc2cccc(OCCBr)c2)c1. The number of pyridine rings is 1. The smallest absolute Gasteiger partial charge is 0.141 e. The minimum absolute atomic E-state index is 0.490. The van der Waals surface area contributed by atoms with Crippen LogP contribution in [0.15, 0.2) is 47.1 Å². The number of nitrogens with one attached hydrogen (secondary N) is 1. The molecule has 1 N–H and O–H groups in total. The molecular weight excluding hydrogens is 430 g/mol. The quantitative estimate of drug-likeness (QED) is 0.406. The molecule has 1 saturated carbocycles. The van der Waals surface area contributed by atoms with Crippen LogP contribution in [0.25, 0.3) is 11.1 Å². The Morgan fingerprint density at radius 3 is 2.86 bits per heavy atom. The lowest BCUT2D eigenvalue weighted by molar-refractivity contribution is 0.345. The molecule has 1 aromatic carbocycles. The summed E-state index contributed by atoms with van der Waals surface area (Å²) in [5.41, 5.74) is 4.26. The third kappa shape index (κ3) is 4.81. The fourth-order valence-electron chi connectivity index (χ4n) is 4.02. The molecule has 0 atom stereocenters. The summed E-state index contributed by atoms with van der Waals surface area (Å²) in [5.74, 6) is 2.98. The van der Waals surface area contributed by atoms with E-state index in [2.05, 4.69) is 37.5 Å². The molecule has 0 amide bonds. The summed E-state index contributed by atoms with van der Waals surface area (Å²) >= 11 is 3.38. The maximum absolute atomic E-state index is 5.69. The molecule has 152 valence electrons. The number of aromatic nitrogens is 2. The van der Waals surface area contributed by atoms with E-state index in [1.165, 1.54) is 32.1 Å². The van der Waals surface area contributed by atoms with E-state index in [4.69, 9.17) is 9.26 Å². The summed E-state index contributed by atoms with van der Waals surface area (Å²) in [6, 6.07) is 12.0. The second-order valence-electron chi connectivity index (χ2n) is 7.45. The minimum atomic E-state index is 0.490. The van der Waals surface area contributed by atoms with Gasteiger partial charge in [0.05, 0.1) is 12.3 Å². The van der Waals surface area contributed by atoms with Crippen molar-refractivity contribution in [3.8, 4) is 16.9 Å². The summed E-state index contributed by atoms with van der Waals surface area (Å²) in [6.07, 6.45) is 8.08. The fraction of sp³-hybridized carbons (Fsp3) is 0.391. The van der Waals surface area contributed by atoms with Gasteiger partial charge in [0.2, 0.25) is 0 Å².